The van der Waals surface area contributed by atoms with Crippen LogP contribution in [0.3, 0.4) is 0 Å². The lowest BCUT2D eigenvalue weighted by Gasteiger charge is -2.32. The Morgan fingerprint density at radius 1 is 1.12 bits per heavy atom. The fraction of sp³-hybridized carbons (Fsp3) is 0.333. The Morgan fingerprint density at radius 3 is 2.65 bits per heavy atom. The van der Waals surface area contributed by atoms with E-state index in [0.717, 1.165) is 48.7 Å². The van der Waals surface area contributed by atoms with E-state index < -0.39 is 0 Å². The van der Waals surface area contributed by atoms with Gasteiger partial charge in [0.1, 0.15) is 11.5 Å². The zero-order valence-electron chi connectivity index (χ0n) is 15.3. The highest BCUT2D eigenvalue weighted by Crippen LogP contribution is 2.28. The summed E-state index contributed by atoms with van der Waals surface area (Å²) in [6, 6.07) is 14.2. The quantitative estimate of drug-likeness (QED) is 0.728. The molecule has 1 aliphatic rings. The van der Waals surface area contributed by atoms with Crippen molar-refractivity contribution in [2.24, 2.45) is 14.1 Å². The van der Waals surface area contributed by atoms with E-state index in [1.807, 2.05) is 66.3 Å². The van der Waals surface area contributed by atoms with Crippen molar-refractivity contribution < 1.29 is 4.79 Å². The zero-order valence-corrected chi connectivity index (χ0v) is 15.3. The number of aryl methyl sites for hydroxylation is 1. The number of amides is 1. The van der Waals surface area contributed by atoms with Crippen LogP contribution in [0.4, 0.5) is 0 Å². The van der Waals surface area contributed by atoms with Crippen molar-refractivity contribution in [1.29, 1.82) is 0 Å². The van der Waals surface area contributed by atoms with Gasteiger partial charge < -0.3 is 14.0 Å². The number of imidazole rings is 1. The van der Waals surface area contributed by atoms with Crippen molar-refractivity contribution in [3.8, 4) is 11.3 Å². The maximum absolute atomic E-state index is 13.1. The SMILES string of the molecule is Cn1ccnc1[C@H]1CCCN(C(=O)c2ccc(-c3ccccc3)n2C)C1. The molecule has 26 heavy (non-hydrogen) atoms. The van der Waals surface area contributed by atoms with Crippen molar-refractivity contribution in [3.05, 3.63) is 66.4 Å². The number of hydrogen-bond donors (Lipinski definition) is 0. The highest BCUT2D eigenvalue weighted by atomic mass is 16.2. The highest BCUT2D eigenvalue weighted by molar-refractivity contribution is 5.94. The minimum Gasteiger partial charge on any atom is -0.340 e. The molecule has 3 aromatic rings. The summed E-state index contributed by atoms with van der Waals surface area (Å²) in [4.78, 5) is 19.6. The molecule has 1 atom stereocenters. The van der Waals surface area contributed by atoms with Gasteiger partial charge in [0, 0.05) is 51.2 Å². The van der Waals surface area contributed by atoms with E-state index in [4.69, 9.17) is 0 Å². The number of benzene rings is 1. The first-order valence-electron chi connectivity index (χ1n) is 9.13. The molecule has 1 saturated heterocycles. The minimum absolute atomic E-state index is 0.105. The second-order valence-corrected chi connectivity index (χ2v) is 7.02. The lowest BCUT2D eigenvalue weighted by atomic mass is 9.97. The van der Waals surface area contributed by atoms with Crippen molar-refractivity contribution in [1.82, 2.24) is 19.0 Å². The summed E-state index contributed by atoms with van der Waals surface area (Å²) < 4.78 is 4.07. The molecule has 0 aliphatic carbocycles. The van der Waals surface area contributed by atoms with Crippen LogP contribution in [-0.4, -0.2) is 38.0 Å². The van der Waals surface area contributed by atoms with Crippen LogP contribution in [0, 0.1) is 0 Å². The van der Waals surface area contributed by atoms with Crippen LogP contribution in [0.15, 0.2) is 54.9 Å². The minimum atomic E-state index is 0.105. The van der Waals surface area contributed by atoms with Gasteiger partial charge in [-0.25, -0.2) is 4.98 Å². The van der Waals surface area contributed by atoms with E-state index in [1.54, 1.807) is 0 Å². The third kappa shape index (κ3) is 2.94. The fourth-order valence-corrected chi connectivity index (χ4v) is 3.93. The number of nitrogens with zero attached hydrogens (tertiary/aromatic N) is 4. The maximum atomic E-state index is 13.1. The molecule has 0 bridgehead atoms. The standard InChI is InChI=1S/C21H24N4O/c1-23-14-12-22-20(23)17-9-6-13-25(15-17)21(26)19-11-10-18(24(19)2)16-7-4-3-5-8-16/h3-5,7-8,10-12,14,17H,6,9,13,15H2,1-2H3/t17-/m0/s1. The number of carbonyl (C=O) groups is 1. The molecule has 3 heterocycles. The molecule has 1 fully saturated rings. The van der Waals surface area contributed by atoms with E-state index in [9.17, 15) is 4.79 Å². The van der Waals surface area contributed by atoms with Crippen LogP contribution >= 0.6 is 0 Å². The summed E-state index contributed by atoms with van der Waals surface area (Å²) in [5.74, 6) is 1.48. The van der Waals surface area contributed by atoms with E-state index in [0.29, 0.717) is 5.92 Å². The predicted octanol–water partition coefficient (Wildman–Crippen LogP) is 3.45. The molecule has 1 aromatic carbocycles. The molecule has 0 N–H and O–H groups in total. The van der Waals surface area contributed by atoms with Crippen molar-refractivity contribution in [2.45, 2.75) is 18.8 Å². The topological polar surface area (TPSA) is 43.1 Å². The van der Waals surface area contributed by atoms with Crippen molar-refractivity contribution >= 4 is 5.91 Å². The van der Waals surface area contributed by atoms with E-state index >= 15 is 0 Å². The summed E-state index contributed by atoms with van der Waals surface area (Å²) >= 11 is 0. The molecular formula is C21H24N4O. The van der Waals surface area contributed by atoms with Gasteiger partial charge in [-0.05, 0) is 30.5 Å². The smallest absolute Gasteiger partial charge is 0.270 e. The van der Waals surface area contributed by atoms with Gasteiger partial charge in [-0.2, -0.15) is 0 Å². The monoisotopic (exact) mass is 348 g/mol. The second kappa shape index (κ2) is 6.83. The van der Waals surface area contributed by atoms with Gasteiger partial charge >= 0.3 is 0 Å². The number of likely N-dealkylation sites (tertiary alicyclic amines) is 1. The Bertz CT molecular complexity index is 909. The number of piperidine rings is 1. The molecule has 0 saturated carbocycles. The van der Waals surface area contributed by atoms with Crippen LogP contribution in [0.2, 0.25) is 0 Å². The Labute approximate surface area is 153 Å². The number of aromatic nitrogens is 3. The van der Waals surface area contributed by atoms with E-state index in [-0.39, 0.29) is 5.91 Å². The molecule has 0 spiro atoms. The highest BCUT2D eigenvalue weighted by Gasteiger charge is 2.28. The average Bonchev–Trinajstić information content (AvgIpc) is 3.27. The largest absolute Gasteiger partial charge is 0.340 e. The maximum Gasteiger partial charge on any atom is 0.270 e. The molecule has 4 rings (SSSR count). The Kier molecular flexibility index (Phi) is 4.37. The Morgan fingerprint density at radius 2 is 1.92 bits per heavy atom. The van der Waals surface area contributed by atoms with Gasteiger partial charge in [-0.3, -0.25) is 4.79 Å². The van der Waals surface area contributed by atoms with Crippen molar-refractivity contribution in [3.63, 3.8) is 0 Å². The number of hydrogen-bond acceptors (Lipinski definition) is 2. The zero-order chi connectivity index (χ0) is 18.1. The van der Waals surface area contributed by atoms with Gasteiger partial charge in [-0.1, -0.05) is 30.3 Å². The molecular weight excluding hydrogens is 324 g/mol. The lowest BCUT2D eigenvalue weighted by Crippen LogP contribution is -2.40. The van der Waals surface area contributed by atoms with Crippen LogP contribution in [0.25, 0.3) is 11.3 Å². The Balaban J connectivity index is 1.56. The van der Waals surface area contributed by atoms with Crippen LogP contribution in [0.5, 0.6) is 0 Å². The summed E-state index contributed by atoms with van der Waals surface area (Å²) in [5, 5.41) is 0. The molecule has 5 nitrogen and oxygen atoms in total. The molecule has 1 aliphatic heterocycles. The Hall–Kier alpha value is -2.82. The second-order valence-electron chi connectivity index (χ2n) is 7.02. The van der Waals surface area contributed by atoms with Gasteiger partial charge in [0.15, 0.2) is 0 Å². The number of carbonyl (C=O) groups excluding carboxylic acids is 1. The molecule has 0 unspecified atom stereocenters. The van der Waals surface area contributed by atoms with Gasteiger partial charge in [-0.15, -0.1) is 0 Å². The predicted molar refractivity (Wildman–Crippen MR) is 102 cm³/mol. The molecule has 5 heteroatoms. The van der Waals surface area contributed by atoms with Gasteiger partial charge in [0.25, 0.3) is 5.91 Å². The number of rotatable bonds is 3. The van der Waals surface area contributed by atoms with Crippen LogP contribution in [0.1, 0.15) is 35.1 Å². The summed E-state index contributed by atoms with van der Waals surface area (Å²) in [6.07, 6.45) is 5.90. The third-order valence-electron chi connectivity index (χ3n) is 5.34. The molecule has 134 valence electrons. The van der Waals surface area contributed by atoms with Gasteiger partial charge in [0.05, 0.1) is 0 Å². The average molecular weight is 348 g/mol. The summed E-state index contributed by atoms with van der Waals surface area (Å²) in [6.45, 7) is 1.54. The van der Waals surface area contributed by atoms with Crippen molar-refractivity contribution in [2.75, 3.05) is 13.1 Å². The molecule has 0 radical (unpaired) electrons. The normalized spacial score (nSPS) is 17.5. The fourth-order valence-electron chi connectivity index (χ4n) is 3.93. The first-order valence-corrected chi connectivity index (χ1v) is 9.13. The first kappa shape index (κ1) is 16.6. The lowest BCUT2D eigenvalue weighted by molar-refractivity contribution is 0.0694. The third-order valence-corrected chi connectivity index (χ3v) is 5.34. The van der Waals surface area contributed by atoms with E-state index in [2.05, 4.69) is 21.7 Å². The first-order chi connectivity index (χ1) is 12.6. The summed E-state index contributed by atoms with van der Waals surface area (Å²) in [5.41, 5.74) is 2.93. The van der Waals surface area contributed by atoms with E-state index in [1.165, 1.54) is 0 Å². The van der Waals surface area contributed by atoms with Gasteiger partial charge in [0.2, 0.25) is 0 Å². The summed E-state index contributed by atoms with van der Waals surface area (Å²) in [7, 11) is 3.99. The molecule has 1 amide bonds. The molecule has 2 aromatic heterocycles. The van der Waals surface area contributed by atoms with Crippen LogP contribution in [-0.2, 0) is 14.1 Å². The van der Waals surface area contributed by atoms with Crippen LogP contribution < -0.4 is 0 Å².